The lowest BCUT2D eigenvalue weighted by Crippen LogP contribution is -2.22. The van der Waals surface area contributed by atoms with E-state index in [0.29, 0.717) is 5.92 Å². The minimum Gasteiger partial charge on any atom is -0.481 e. The van der Waals surface area contributed by atoms with Crippen LogP contribution in [0.5, 0.6) is 0 Å². The molecule has 0 aliphatic heterocycles. The highest BCUT2D eigenvalue weighted by Gasteiger charge is 2.28. The Balaban J connectivity index is 2.22. The van der Waals surface area contributed by atoms with Crippen LogP contribution in [0.2, 0.25) is 0 Å². The van der Waals surface area contributed by atoms with Gasteiger partial charge in [-0.1, -0.05) is 24.6 Å². The first-order chi connectivity index (χ1) is 8.09. The lowest BCUT2D eigenvalue weighted by Gasteiger charge is -2.28. The van der Waals surface area contributed by atoms with Crippen LogP contribution in [0.3, 0.4) is 0 Å². The van der Waals surface area contributed by atoms with Gasteiger partial charge in [0, 0.05) is 0 Å². The summed E-state index contributed by atoms with van der Waals surface area (Å²) in [6, 6.07) is 6.37. The fourth-order valence-corrected chi connectivity index (χ4v) is 2.91. The molecule has 1 aromatic carbocycles. The van der Waals surface area contributed by atoms with E-state index in [0.717, 1.165) is 25.7 Å². The number of hydrogen-bond acceptors (Lipinski definition) is 1. The summed E-state index contributed by atoms with van der Waals surface area (Å²) in [7, 11) is 0. The van der Waals surface area contributed by atoms with Crippen molar-refractivity contribution in [1.82, 2.24) is 0 Å². The van der Waals surface area contributed by atoms with Gasteiger partial charge in [-0.3, -0.25) is 4.79 Å². The van der Waals surface area contributed by atoms with Crippen molar-refractivity contribution in [3.63, 3.8) is 0 Å². The molecule has 0 saturated heterocycles. The van der Waals surface area contributed by atoms with E-state index in [9.17, 15) is 4.79 Å². The van der Waals surface area contributed by atoms with Crippen molar-refractivity contribution in [3.05, 3.63) is 34.9 Å². The molecule has 1 aliphatic rings. The molecule has 0 amide bonds. The lowest BCUT2D eigenvalue weighted by molar-refractivity contribution is -0.142. The summed E-state index contributed by atoms with van der Waals surface area (Å²) in [4.78, 5) is 11.1. The number of hydrogen-bond donors (Lipinski definition) is 1. The molecule has 1 N–H and O–H groups in total. The summed E-state index contributed by atoms with van der Waals surface area (Å²) in [6.45, 7) is 4.27. The van der Waals surface area contributed by atoms with Gasteiger partial charge >= 0.3 is 5.97 Å². The molecule has 0 radical (unpaired) electrons. The molecule has 2 nitrogen and oxygen atoms in total. The van der Waals surface area contributed by atoms with Crippen LogP contribution in [0.1, 0.15) is 48.3 Å². The maximum Gasteiger partial charge on any atom is 0.306 e. The standard InChI is InChI=1S/C15H20O2/c1-10-5-3-8-14(11(10)2)12-6-4-7-13(9-12)15(16)17/h3,5,8,12-13H,4,6-7,9H2,1-2H3,(H,16,17). The number of rotatable bonds is 2. The smallest absolute Gasteiger partial charge is 0.306 e. The molecule has 2 atom stereocenters. The monoisotopic (exact) mass is 232 g/mol. The molecule has 2 rings (SSSR count). The van der Waals surface area contributed by atoms with Crippen LogP contribution in [-0.4, -0.2) is 11.1 Å². The molecule has 92 valence electrons. The highest BCUT2D eigenvalue weighted by atomic mass is 16.4. The molecule has 1 fully saturated rings. The third-order valence-electron chi connectivity index (χ3n) is 4.11. The summed E-state index contributed by atoms with van der Waals surface area (Å²) < 4.78 is 0. The number of benzene rings is 1. The molecule has 0 bridgehead atoms. The van der Waals surface area contributed by atoms with Crippen LogP contribution >= 0.6 is 0 Å². The average molecular weight is 232 g/mol. The van der Waals surface area contributed by atoms with Gasteiger partial charge in [0.05, 0.1) is 5.92 Å². The second-order valence-corrected chi connectivity index (χ2v) is 5.19. The number of carboxylic acids is 1. The van der Waals surface area contributed by atoms with E-state index >= 15 is 0 Å². The number of aliphatic carboxylic acids is 1. The van der Waals surface area contributed by atoms with Gasteiger partial charge in [0.25, 0.3) is 0 Å². The van der Waals surface area contributed by atoms with Crippen LogP contribution in [0.4, 0.5) is 0 Å². The first kappa shape index (κ1) is 12.2. The van der Waals surface area contributed by atoms with E-state index in [1.807, 2.05) is 0 Å². The van der Waals surface area contributed by atoms with Crippen molar-refractivity contribution in [3.8, 4) is 0 Å². The first-order valence-corrected chi connectivity index (χ1v) is 6.38. The number of carbonyl (C=O) groups is 1. The largest absolute Gasteiger partial charge is 0.481 e. The van der Waals surface area contributed by atoms with Gasteiger partial charge in [-0.25, -0.2) is 0 Å². The van der Waals surface area contributed by atoms with Crippen molar-refractivity contribution >= 4 is 5.97 Å². The second kappa shape index (κ2) is 4.91. The first-order valence-electron chi connectivity index (χ1n) is 6.38. The Hall–Kier alpha value is -1.31. The molecule has 2 heteroatoms. The molecular weight excluding hydrogens is 212 g/mol. The Morgan fingerprint density at radius 3 is 2.76 bits per heavy atom. The molecule has 1 saturated carbocycles. The van der Waals surface area contributed by atoms with Crippen LogP contribution in [0, 0.1) is 19.8 Å². The van der Waals surface area contributed by atoms with Crippen molar-refractivity contribution in [2.45, 2.75) is 45.4 Å². The molecule has 1 aromatic rings. The number of carboxylic acid groups (broad SMARTS) is 1. The Bertz CT molecular complexity index is 423. The van der Waals surface area contributed by atoms with Gasteiger partial charge in [0.1, 0.15) is 0 Å². The normalized spacial score (nSPS) is 24.6. The zero-order chi connectivity index (χ0) is 12.4. The topological polar surface area (TPSA) is 37.3 Å². The highest BCUT2D eigenvalue weighted by molar-refractivity contribution is 5.70. The van der Waals surface area contributed by atoms with Gasteiger partial charge in [0.15, 0.2) is 0 Å². The summed E-state index contributed by atoms with van der Waals surface area (Å²) in [5.74, 6) is -0.335. The van der Waals surface area contributed by atoms with Gasteiger partial charge in [0.2, 0.25) is 0 Å². The Morgan fingerprint density at radius 1 is 1.29 bits per heavy atom. The zero-order valence-corrected chi connectivity index (χ0v) is 10.6. The second-order valence-electron chi connectivity index (χ2n) is 5.19. The van der Waals surface area contributed by atoms with Gasteiger partial charge in [-0.05, 0) is 55.7 Å². The molecule has 0 spiro atoms. The van der Waals surface area contributed by atoms with Crippen molar-refractivity contribution in [2.75, 3.05) is 0 Å². The van der Waals surface area contributed by atoms with Gasteiger partial charge in [-0.2, -0.15) is 0 Å². The van der Waals surface area contributed by atoms with Gasteiger partial charge < -0.3 is 5.11 Å². The summed E-state index contributed by atoms with van der Waals surface area (Å²) in [5.41, 5.74) is 4.00. The minimum atomic E-state index is -0.625. The molecule has 1 aliphatic carbocycles. The lowest BCUT2D eigenvalue weighted by atomic mass is 9.76. The van der Waals surface area contributed by atoms with Crippen molar-refractivity contribution in [2.24, 2.45) is 5.92 Å². The number of aryl methyl sites for hydroxylation is 1. The Kier molecular flexibility index (Phi) is 3.51. The summed E-state index contributed by atoms with van der Waals surface area (Å²) in [6.07, 6.45) is 3.82. The molecule has 17 heavy (non-hydrogen) atoms. The predicted octanol–water partition coefficient (Wildman–Crippen LogP) is 3.66. The molecular formula is C15H20O2. The van der Waals surface area contributed by atoms with Crippen LogP contribution < -0.4 is 0 Å². The highest BCUT2D eigenvalue weighted by Crippen LogP contribution is 2.38. The molecule has 0 heterocycles. The Labute approximate surface area is 103 Å². The van der Waals surface area contributed by atoms with E-state index in [4.69, 9.17) is 5.11 Å². The fourth-order valence-electron chi connectivity index (χ4n) is 2.91. The minimum absolute atomic E-state index is 0.145. The third kappa shape index (κ3) is 2.51. The van der Waals surface area contributed by atoms with Crippen LogP contribution in [0.15, 0.2) is 18.2 Å². The third-order valence-corrected chi connectivity index (χ3v) is 4.11. The van der Waals surface area contributed by atoms with E-state index in [1.54, 1.807) is 0 Å². The average Bonchev–Trinajstić information content (AvgIpc) is 2.33. The maximum atomic E-state index is 11.1. The van der Waals surface area contributed by atoms with Gasteiger partial charge in [-0.15, -0.1) is 0 Å². The predicted molar refractivity (Wildman–Crippen MR) is 68.3 cm³/mol. The van der Waals surface area contributed by atoms with Crippen LogP contribution in [-0.2, 0) is 4.79 Å². The van der Waals surface area contributed by atoms with Crippen LogP contribution in [0.25, 0.3) is 0 Å². The van der Waals surface area contributed by atoms with E-state index < -0.39 is 5.97 Å². The molecule has 0 aromatic heterocycles. The molecule has 2 unspecified atom stereocenters. The van der Waals surface area contributed by atoms with E-state index in [2.05, 4.69) is 32.0 Å². The van der Waals surface area contributed by atoms with E-state index in [1.165, 1.54) is 16.7 Å². The van der Waals surface area contributed by atoms with E-state index in [-0.39, 0.29) is 5.92 Å². The van der Waals surface area contributed by atoms with Crippen molar-refractivity contribution < 1.29 is 9.90 Å². The maximum absolute atomic E-state index is 11.1. The quantitative estimate of drug-likeness (QED) is 0.844. The Morgan fingerprint density at radius 2 is 2.06 bits per heavy atom. The summed E-state index contributed by atoms with van der Waals surface area (Å²) >= 11 is 0. The summed E-state index contributed by atoms with van der Waals surface area (Å²) in [5, 5.41) is 9.13. The fraction of sp³-hybridized carbons (Fsp3) is 0.533. The zero-order valence-electron chi connectivity index (χ0n) is 10.6. The van der Waals surface area contributed by atoms with Crippen molar-refractivity contribution in [1.29, 1.82) is 0 Å². The SMILES string of the molecule is Cc1cccc(C2CCCC(C(=O)O)C2)c1C.